The molecule has 0 spiro atoms. The van der Waals surface area contributed by atoms with Gasteiger partial charge in [-0.3, -0.25) is 9.59 Å². The standard InChI is InChI=1S/C28H35NO5/c1-6-8-15-29-25(20-9-12-22(13-10-20)34-18(3)4)24(27(31)28(29)32)26(30)21-11-14-23(19(5)17-21)33-16-7-2/h9-14,17-18,25,30H,6-8,15-16H2,1-5H3/b26-24-. The van der Waals surface area contributed by atoms with Crippen LogP contribution in [0.25, 0.3) is 5.76 Å². The third-order valence-corrected chi connectivity index (χ3v) is 5.77. The van der Waals surface area contributed by atoms with E-state index in [4.69, 9.17) is 9.47 Å². The van der Waals surface area contributed by atoms with Crippen LogP contribution in [0.3, 0.4) is 0 Å². The zero-order valence-electron chi connectivity index (χ0n) is 20.8. The van der Waals surface area contributed by atoms with Crippen molar-refractivity contribution < 1.29 is 24.2 Å². The number of ketones is 1. The molecular formula is C28H35NO5. The van der Waals surface area contributed by atoms with E-state index in [1.807, 2.05) is 58.9 Å². The minimum absolute atomic E-state index is 0.0357. The highest BCUT2D eigenvalue weighted by atomic mass is 16.5. The Morgan fingerprint density at radius 2 is 1.76 bits per heavy atom. The fourth-order valence-corrected chi connectivity index (χ4v) is 4.11. The molecule has 1 unspecified atom stereocenters. The summed E-state index contributed by atoms with van der Waals surface area (Å²) in [5.74, 6) is 0.0313. The number of aliphatic hydroxyl groups is 1. The Balaban J connectivity index is 2.06. The van der Waals surface area contributed by atoms with Gasteiger partial charge in [0.05, 0.1) is 24.3 Å². The van der Waals surface area contributed by atoms with Gasteiger partial charge in [0.2, 0.25) is 0 Å². The Bertz CT molecular complexity index is 1050. The summed E-state index contributed by atoms with van der Waals surface area (Å²) >= 11 is 0. The van der Waals surface area contributed by atoms with E-state index in [0.29, 0.717) is 24.5 Å². The maximum absolute atomic E-state index is 13.1. The number of nitrogens with zero attached hydrogens (tertiary/aromatic N) is 1. The molecule has 1 heterocycles. The molecule has 182 valence electrons. The van der Waals surface area contributed by atoms with Crippen LogP contribution in [-0.4, -0.2) is 41.0 Å². The first-order chi connectivity index (χ1) is 16.3. The van der Waals surface area contributed by atoms with Crippen LogP contribution in [0.2, 0.25) is 0 Å². The molecule has 2 aromatic carbocycles. The lowest BCUT2D eigenvalue weighted by molar-refractivity contribution is -0.139. The van der Waals surface area contributed by atoms with Gasteiger partial charge in [0.1, 0.15) is 17.3 Å². The second-order valence-electron chi connectivity index (χ2n) is 8.91. The van der Waals surface area contributed by atoms with E-state index in [1.54, 1.807) is 23.1 Å². The molecule has 6 heteroatoms. The molecule has 0 saturated carbocycles. The van der Waals surface area contributed by atoms with Gasteiger partial charge in [-0.05, 0) is 75.1 Å². The summed E-state index contributed by atoms with van der Waals surface area (Å²) in [6.07, 6.45) is 2.58. The molecular weight excluding hydrogens is 430 g/mol. The smallest absolute Gasteiger partial charge is 0.295 e. The summed E-state index contributed by atoms with van der Waals surface area (Å²) in [5.41, 5.74) is 2.21. The Morgan fingerprint density at radius 1 is 1.06 bits per heavy atom. The molecule has 1 aliphatic rings. The molecule has 1 saturated heterocycles. The third-order valence-electron chi connectivity index (χ3n) is 5.77. The van der Waals surface area contributed by atoms with E-state index < -0.39 is 17.7 Å². The number of likely N-dealkylation sites (tertiary alicyclic amines) is 1. The monoisotopic (exact) mass is 465 g/mol. The van der Waals surface area contributed by atoms with E-state index in [0.717, 1.165) is 36.1 Å². The number of unbranched alkanes of at least 4 members (excludes halogenated alkanes) is 1. The van der Waals surface area contributed by atoms with Crippen molar-refractivity contribution in [2.75, 3.05) is 13.2 Å². The minimum Gasteiger partial charge on any atom is -0.507 e. The van der Waals surface area contributed by atoms with Gasteiger partial charge in [0, 0.05) is 12.1 Å². The van der Waals surface area contributed by atoms with Crippen LogP contribution in [0.1, 0.15) is 69.7 Å². The number of carbonyl (C=O) groups is 2. The molecule has 0 aromatic heterocycles. The van der Waals surface area contributed by atoms with E-state index >= 15 is 0 Å². The quantitative estimate of drug-likeness (QED) is 0.273. The molecule has 2 aromatic rings. The number of hydrogen-bond acceptors (Lipinski definition) is 5. The van der Waals surface area contributed by atoms with Crippen molar-refractivity contribution in [1.82, 2.24) is 4.90 Å². The number of amides is 1. The number of rotatable bonds is 10. The molecule has 3 rings (SSSR count). The van der Waals surface area contributed by atoms with Gasteiger partial charge in [-0.2, -0.15) is 0 Å². The predicted molar refractivity (Wildman–Crippen MR) is 133 cm³/mol. The summed E-state index contributed by atoms with van der Waals surface area (Å²) in [7, 11) is 0. The summed E-state index contributed by atoms with van der Waals surface area (Å²) in [6, 6.07) is 12.0. The summed E-state index contributed by atoms with van der Waals surface area (Å²) in [6.45, 7) is 10.9. The highest BCUT2D eigenvalue weighted by Crippen LogP contribution is 2.40. The van der Waals surface area contributed by atoms with Crippen molar-refractivity contribution in [2.24, 2.45) is 0 Å². The van der Waals surface area contributed by atoms with Crippen LogP contribution in [-0.2, 0) is 9.59 Å². The van der Waals surface area contributed by atoms with Crippen molar-refractivity contribution in [3.05, 3.63) is 64.7 Å². The largest absolute Gasteiger partial charge is 0.507 e. The lowest BCUT2D eigenvalue weighted by Crippen LogP contribution is -2.30. The molecule has 0 radical (unpaired) electrons. The van der Waals surface area contributed by atoms with Gasteiger partial charge < -0.3 is 19.5 Å². The average Bonchev–Trinajstić information content (AvgIpc) is 3.06. The normalized spacial score (nSPS) is 17.5. The molecule has 1 fully saturated rings. The number of Topliss-reactive ketones (excluding diaryl/α,β-unsaturated/α-hetero) is 1. The van der Waals surface area contributed by atoms with Crippen LogP contribution < -0.4 is 9.47 Å². The van der Waals surface area contributed by atoms with Crippen molar-refractivity contribution in [3.8, 4) is 11.5 Å². The fourth-order valence-electron chi connectivity index (χ4n) is 4.11. The van der Waals surface area contributed by atoms with Crippen LogP contribution >= 0.6 is 0 Å². The first-order valence-corrected chi connectivity index (χ1v) is 12.1. The summed E-state index contributed by atoms with van der Waals surface area (Å²) in [5, 5.41) is 11.3. The van der Waals surface area contributed by atoms with E-state index in [1.165, 1.54) is 0 Å². The van der Waals surface area contributed by atoms with Crippen LogP contribution in [0.15, 0.2) is 48.0 Å². The molecule has 0 aliphatic carbocycles. The molecule has 1 atom stereocenters. The van der Waals surface area contributed by atoms with Crippen LogP contribution in [0, 0.1) is 6.92 Å². The van der Waals surface area contributed by atoms with E-state index in [-0.39, 0.29) is 17.4 Å². The van der Waals surface area contributed by atoms with Gasteiger partial charge in [-0.15, -0.1) is 0 Å². The van der Waals surface area contributed by atoms with Crippen LogP contribution in [0.4, 0.5) is 0 Å². The van der Waals surface area contributed by atoms with E-state index in [9.17, 15) is 14.7 Å². The summed E-state index contributed by atoms with van der Waals surface area (Å²) in [4.78, 5) is 27.7. The average molecular weight is 466 g/mol. The van der Waals surface area contributed by atoms with Crippen molar-refractivity contribution >= 4 is 17.4 Å². The van der Waals surface area contributed by atoms with Gasteiger partial charge in [-0.25, -0.2) is 0 Å². The van der Waals surface area contributed by atoms with Crippen LogP contribution in [0.5, 0.6) is 11.5 Å². The number of hydrogen-bond donors (Lipinski definition) is 1. The van der Waals surface area contributed by atoms with Crippen molar-refractivity contribution in [1.29, 1.82) is 0 Å². The Labute approximate surface area is 202 Å². The molecule has 1 N–H and O–H groups in total. The summed E-state index contributed by atoms with van der Waals surface area (Å²) < 4.78 is 11.5. The van der Waals surface area contributed by atoms with Gasteiger partial charge in [-0.1, -0.05) is 32.4 Å². The zero-order chi connectivity index (χ0) is 24.8. The topological polar surface area (TPSA) is 76.1 Å². The molecule has 0 bridgehead atoms. The molecule has 1 aliphatic heterocycles. The maximum atomic E-state index is 13.1. The second kappa shape index (κ2) is 11.2. The molecule has 6 nitrogen and oxygen atoms in total. The highest BCUT2D eigenvalue weighted by molar-refractivity contribution is 6.46. The number of aryl methyl sites for hydroxylation is 1. The predicted octanol–water partition coefficient (Wildman–Crippen LogP) is 5.79. The molecule has 1 amide bonds. The highest BCUT2D eigenvalue weighted by Gasteiger charge is 2.45. The lowest BCUT2D eigenvalue weighted by Gasteiger charge is -2.25. The SMILES string of the molecule is CCCCN1C(=O)C(=O)/C(=C(\O)c2ccc(OCCC)c(C)c2)C1c1ccc(OC(C)C)cc1. The number of ether oxygens (including phenoxy) is 2. The first-order valence-electron chi connectivity index (χ1n) is 12.1. The van der Waals surface area contributed by atoms with Crippen molar-refractivity contribution in [3.63, 3.8) is 0 Å². The second-order valence-corrected chi connectivity index (χ2v) is 8.91. The van der Waals surface area contributed by atoms with Gasteiger partial charge in [0.15, 0.2) is 0 Å². The maximum Gasteiger partial charge on any atom is 0.295 e. The Kier molecular flexibility index (Phi) is 8.37. The minimum atomic E-state index is -0.662. The van der Waals surface area contributed by atoms with Gasteiger partial charge >= 0.3 is 0 Å². The first kappa shape index (κ1) is 25.3. The van der Waals surface area contributed by atoms with Gasteiger partial charge in [0.25, 0.3) is 11.7 Å². The van der Waals surface area contributed by atoms with Crippen molar-refractivity contribution in [2.45, 2.75) is 66.0 Å². The zero-order valence-corrected chi connectivity index (χ0v) is 20.8. The van der Waals surface area contributed by atoms with E-state index in [2.05, 4.69) is 0 Å². The third kappa shape index (κ3) is 5.44. The molecule has 34 heavy (non-hydrogen) atoms. The fraction of sp³-hybridized carbons (Fsp3) is 0.429. The Hall–Kier alpha value is -3.28. The Morgan fingerprint density at radius 3 is 2.35 bits per heavy atom. The number of carbonyl (C=O) groups excluding carboxylic acids is 2. The number of aliphatic hydroxyl groups excluding tert-OH is 1. The lowest BCUT2D eigenvalue weighted by atomic mass is 9.94. The number of benzene rings is 2.